The zero-order valence-electron chi connectivity index (χ0n) is 14.2. The predicted octanol–water partition coefficient (Wildman–Crippen LogP) is 1.27. The molecule has 1 amide bonds. The molecule has 0 saturated heterocycles. The molecule has 8 nitrogen and oxygen atoms in total. The molecule has 0 aliphatic heterocycles. The fraction of sp³-hybridized carbons (Fsp3) is 0.222. The molecule has 0 aliphatic rings. The Kier molecular flexibility index (Phi) is 5.55. The second kappa shape index (κ2) is 8.21. The summed E-state index contributed by atoms with van der Waals surface area (Å²) in [7, 11) is 1.60. The van der Waals surface area contributed by atoms with Gasteiger partial charge in [-0.1, -0.05) is 24.3 Å². The highest BCUT2D eigenvalue weighted by atomic mass is 16.5. The lowest BCUT2D eigenvalue weighted by Crippen LogP contribution is -2.26. The number of fused-ring (bicyclic) bond motifs is 1. The summed E-state index contributed by atoms with van der Waals surface area (Å²) in [4.78, 5) is 28.4. The molecule has 2 aromatic heterocycles. The maximum atomic E-state index is 12.4. The number of carbonyl (C=O) groups excluding carboxylic acids is 1. The first-order chi connectivity index (χ1) is 12.7. The van der Waals surface area contributed by atoms with E-state index in [1.165, 1.54) is 0 Å². The van der Waals surface area contributed by atoms with Crippen LogP contribution < -0.4 is 15.6 Å². The molecule has 0 radical (unpaired) electrons. The molecule has 0 saturated carbocycles. The van der Waals surface area contributed by atoms with E-state index in [1.807, 2.05) is 6.07 Å². The van der Waals surface area contributed by atoms with Gasteiger partial charge in [-0.25, -0.2) is 10.1 Å². The highest BCUT2D eigenvalue weighted by Crippen LogP contribution is 2.12. The molecule has 26 heavy (non-hydrogen) atoms. The van der Waals surface area contributed by atoms with Gasteiger partial charge >= 0.3 is 0 Å². The summed E-state index contributed by atoms with van der Waals surface area (Å²) in [5.74, 6) is 0.114. The van der Waals surface area contributed by atoms with Gasteiger partial charge in [-0.3, -0.25) is 9.59 Å². The summed E-state index contributed by atoms with van der Waals surface area (Å²) < 4.78 is 10.3. The Morgan fingerprint density at radius 1 is 1.15 bits per heavy atom. The number of H-pyrrole nitrogens is 1. The first-order valence-electron chi connectivity index (χ1n) is 8.01. The van der Waals surface area contributed by atoms with E-state index in [0.717, 1.165) is 5.56 Å². The fourth-order valence-corrected chi connectivity index (χ4v) is 2.38. The van der Waals surface area contributed by atoms with E-state index in [9.17, 15) is 9.59 Å². The Morgan fingerprint density at radius 3 is 2.69 bits per heavy atom. The van der Waals surface area contributed by atoms with Crippen molar-refractivity contribution in [1.82, 2.24) is 20.5 Å². The third kappa shape index (κ3) is 4.04. The minimum atomic E-state index is -0.377. The number of ether oxygens (including phenoxy) is 2. The number of hydrogen-bond acceptors (Lipinski definition) is 6. The van der Waals surface area contributed by atoms with E-state index >= 15 is 0 Å². The molecule has 0 spiro atoms. The van der Waals surface area contributed by atoms with Gasteiger partial charge in [0.15, 0.2) is 5.69 Å². The molecule has 1 aromatic carbocycles. The number of aromatic nitrogens is 3. The lowest BCUT2D eigenvalue weighted by Gasteiger charge is -2.08. The smallest absolute Gasteiger partial charge is 0.272 e. The summed E-state index contributed by atoms with van der Waals surface area (Å²) in [6.07, 6.45) is 1.63. The van der Waals surface area contributed by atoms with Crippen LogP contribution in [0.25, 0.3) is 10.8 Å². The van der Waals surface area contributed by atoms with Crippen molar-refractivity contribution < 1.29 is 14.3 Å². The molecule has 2 N–H and O–H groups in total. The van der Waals surface area contributed by atoms with Gasteiger partial charge in [0.25, 0.3) is 11.5 Å². The van der Waals surface area contributed by atoms with Gasteiger partial charge in [0.05, 0.1) is 12.0 Å². The van der Waals surface area contributed by atoms with Gasteiger partial charge in [-0.2, -0.15) is 5.10 Å². The van der Waals surface area contributed by atoms with Crippen LogP contribution >= 0.6 is 0 Å². The van der Waals surface area contributed by atoms with Crippen molar-refractivity contribution in [2.75, 3.05) is 20.3 Å². The van der Waals surface area contributed by atoms with Gasteiger partial charge in [0, 0.05) is 31.3 Å². The average molecular weight is 354 g/mol. The third-order valence-corrected chi connectivity index (χ3v) is 3.70. The largest absolute Gasteiger partial charge is 0.475 e. The first kappa shape index (κ1) is 17.6. The van der Waals surface area contributed by atoms with Crippen molar-refractivity contribution in [2.24, 2.45) is 0 Å². The van der Waals surface area contributed by atoms with Gasteiger partial charge in [-0.15, -0.1) is 0 Å². The summed E-state index contributed by atoms with van der Waals surface area (Å²) in [6.45, 7) is 1.18. The van der Waals surface area contributed by atoms with Crippen LogP contribution in [0.3, 0.4) is 0 Å². The second-order valence-corrected chi connectivity index (χ2v) is 5.48. The SMILES string of the molecule is COCCOc1ccc(CNC(=O)c2n[nH]c(=O)c3ccccc23)cn1. The van der Waals surface area contributed by atoms with Crippen molar-refractivity contribution in [2.45, 2.75) is 6.54 Å². The molecule has 0 atom stereocenters. The first-order valence-corrected chi connectivity index (χ1v) is 8.01. The monoisotopic (exact) mass is 354 g/mol. The Morgan fingerprint density at radius 2 is 1.96 bits per heavy atom. The van der Waals surface area contributed by atoms with Crippen LogP contribution in [0.1, 0.15) is 16.1 Å². The van der Waals surface area contributed by atoms with Crippen LogP contribution in [0.5, 0.6) is 5.88 Å². The molecule has 3 aromatic rings. The Bertz CT molecular complexity index is 953. The number of carbonyl (C=O) groups is 1. The van der Waals surface area contributed by atoms with Crippen LogP contribution in [0.2, 0.25) is 0 Å². The minimum absolute atomic E-state index is 0.174. The maximum absolute atomic E-state index is 12.4. The van der Waals surface area contributed by atoms with Gasteiger partial charge in [-0.05, 0) is 11.6 Å². The van der Waals surface area contributed by atoms with E-state index in [-0.39, 0.29) is 23.7 Å². The lowest BCUT2D eigenvalue weighted by atomic mass is 10.1. The lowest BCUT2D eigenvalue weighted by molar-refractivity contribution is 0.0946. The minimum Gasteiger partial charge on any atom is -0.475 e. The number of methoxy groups -OCH3 is 1. The molecule has 0 aliphatic carbocycles. The van der Waals surface area contributed by atoms with Gasteiger partial charge < -0.3 is 14.8 Å². The number of rotatable bonds is 7. The molecule has 8 heteroatoms. The highest BCUT2D eigenvalue weighted by Gasteiger charge is 2.13. The number of pyridine rings is 1. The van der Waals surface area contributed by atoms with Crippen LogP contribution in [0, 0.1) is 0 Å². The Balaban J connectivity index is 1.66. The van der Waals surface area contributed by atoms with Gasteiger partial charge in [0.2, 0.25) is 5.88 Å². The Labute approximate surface area is 149 Å². The van der Waals surface area contributed by atoms with Crippen molar-refractivity contribution >= 4 is 16.7 Å². The van der Waals surface area contributed by atoms with E-state index in [1.54, 1.807) is 43.6 Å². The summed E-state index contributed by atoms with van der Waals surface area (Å²) in [5.41, 5.74) is 0.657. The topological polar surface area (TPSA) is 106 Å². The third-order valence-electron chi connectivity index (χ3n) is 3.70. The molecule has 3 rings (SSSR count). The van der Waals surface area contributed by atoms with Crippen LogP contribution in [0.4, 0.5) is 0 Å². The number of hydrogen-bond donors (Lipinski definition) is 2. The van der Waals surface area contributed by atoms with E-state index in [0.29, 0.717) is 29.9 Å². The zero-order valence-corrected chi connectivity index (χ0v) is 14.2. The van der Waals surface area contributed by atoms with E-state index < -0.39 is 0 Å². The maximum Gasteiger partial charge on any atom is 0.272 e. The summed E-state index contributed by atoms with van der Waals surface area (Å²) in [5, 5.41) is 9.93. The molecule has 134 valence electrons. The van der Waals surface area contributed by atoms with Crippen molar-refractivity contribution in [1.29, 1.82) is 0 Å². The van der Waals surface area contributed by atoms with Crippen LogP contribution in [-0.4, -0.2) is 41.4 Å². The van der Waals surface area contributed by atoms with Crippen molar-refractivity contribution in [3.8, 4) is 5.88 Å². The summed E-state index contributed by atoms with van der Waals surface area (Å²) >= 11 is 0. The number of amides is 1. The molecule has 0 bridgehead atoms. The molecule has 2 heterocycles. The second-order valence-electron chi connectivity index (χ2n) is 5.48. The zero-order chi connectivity index (χ0) is 18.4. The number of nitrogens with one attached hydrogen (secondary N) is 2. The molecule has 0 unspecified atom stereocenters. The van der Waals surface area contributed by atoms with Crippen molar-refractivity contribution in [3.63, 3.8) is 0 Å². The van der Waals surface area contributed by atoms with Crippen LogP contribution in [-0.2, 0) is 11.3 Å². The molecule has 0 fully saturated rings. The van der Waals surface area contributed by atoms with E-state index in [4.69, 9.17) is 9.47 Å². The fourth-order valence-electron chi connectivity index (χ4n) is 2.38. The average Bonchev–Trinajstić information content (AvgIpc) is 2.68. The highest BCUT2D eigenvalue weighted by molar-refractivity contribution is 6.04. The van der Waals surface area contributed by atoms with Crippen LogP contribution in [0.15, 0.2) is 47.4 Å². The molecular weight excluding hydrogens is 336 g/mol. The number of benzene rings is 1. The van der Waals surface area contributed by atoms with Crippen molar-refractivity contribution in [3.05, 3.63) is 64.2 Å². The quantitative estimate of drug-likeness (QED) is 0.619. The molecular formula is C18H18N4O4. The standard InChI is InChI=1S/C18H18N4O4/c1-25-8-9-26-15-7-6-12(10-19-15)11-20-18(24)16-13-4-2-3-5-14(13)17(23)22-21-16/h2-7,10H,8-9,11H2,1H3,(H,20,24)(H,22,23). The summed E-state index contributed by atoms with van der Waals surface area (Å²) in [6, 6.07) is 10.4. The number of nitrogens with zero attached hydrogens (tertiary/aromatic N) is 2. The normalized spacial score (nSPS) is 10.7. The number of aromatic amines is 1. The van der Waals surface area contributed by atoms with Gasteiger partial charge in [0.1, 0.15) is 6.61 Å². The Hall–Kier alpha value is -3.26. The van der Waals surface area contributed by atoms with E-state index in [2.05, 4.69) is 20.5 Å². The predicted molar refractivity (Wildman–Crippen MR) is 95.1 cm³/mol.